The van der Waals surface area contributed by atoms with E-state index >= 15 is 0 Å². The summed E-state index contributed by atoms with van der Waals surface area (Å²) >= 11 is 0. The summed E-state index contributed by atoms with van der Waals surface area (Å²) in [5, 5.41) is 3.40. The number of hydrogen-bond acceptors (Lipinski definition) is 4. The fraction of sp³-hybridized carbons (Fsp3) is 0.421. The van der Waals surface area contributed by atoms with E-state index in [0.29, 0.717) is 24.8 Å². The number of aromatic nitrogens is 1. The summed E-state index contributed by atoms with van der Waals surface area (Å²) < 4.78 is 25.1. The summed E-state index contributed by atoms with van der Waals surface area (Å²) in [5.74, 6) is 1.55. The Kier molecular flexibility index (Phi) is 5.64. The number of piperidine rings is 1. The Balaban J connectivity index is 1.71. The van der Waals surface area contributed by atoms with Gasteiger partial charge in [-0.3, -0.25) is 0 Å². The quantitative estimate of drug-likeness (QED) is 0.882. The van der Waals surface area contributed by atoms with E-state index in [1.807, 2.05) is 25.1 Å². The van der Waals surface area contributed by atoms with Gasteiger partial charge in [-0.1, -0.05) is 12.1 Å². The number of nitrogens with one attached hydrogen (secondary N) is 1. The summed E-state index contributed by atoms with van der Waals surface area (Å²) in [5.41, 5.74) is 1.04. The maximum atomic E-state index is 13.6. The molecule has 0 unspecified atom stereocenters. The lowest BCUT2D eigenvalue weighted by Gasteiger charge is -2.32. The number of pyridine rings is 1. The van der Waals surface area contributed by atoms with Gasteiger partial charge in [0.05, 0.1) is 13.2 Å². The summed E-state index contributed by atoms with van der Waals surface area (Å²) in [4.78, 5) is 4.21. The smallest absolute Gasteiger partial charge is 0.256 e. The van der Waals surface area contributed by atoms with Crippen LogP contribution in [0.3, 0.4) is 0 Å². The second-order valence-electron chi connectivity index (χ2n) is 5.97. The minimum atomic E-state index is -0.184. The van der Waals surface area contributed by atoms with Crippen LogP contribution in [-0.4, -0.2) is 31.3 Å². The van der Waals surface area contributed by atoms with Crippen LogP contribution in [-0.2, 0) is 0 Å². The Bertz CT molecular complexity index is 665. The topological polar surface area (TPSA) is 43.4 Å². The summed E-state index contributed by atoms with van der Waals surface area (Å²) in [6.07, 6.45) is 2.67. The molecule has 0 aliphatic carbocycles. The Morgan fingerprint density at radius 2 is 2.17 bits per heavy atom. The molecule has 0 bridgehead atoms. The van der Waals surface area contributed by atoms with Crippen molar-refractivity contribution in [2.45, 2.75) is 19.3 Å². The lowest BCUT2D eigenvalue weighted by Crippen LogP contribution is -2.38. The predicted molar refractivity (Wildman–Crippen MR) is 91.0 cm³/mol. The molecule has 1 aromatic heterocycles. The highest BCUT2D eigenvalue weighted by Crippen LogP contribution is 2.32. The van der Waals surface area contributed by atoms with Crippen LogP contribution in [0.15, 0.2) is 42.6 Å². The highest BCUT2D eigenvalue weighted by molar-refractivity contribution is 5.32. The minimum absolute atomic E-state index is 0.184. The molecule has 5 heteroatoms. The summed E-state index contributed by atoms with van der Waals surface area (Å²) in [7, 11) is 0. The van der Waals surface area contributed by atoms with Gasteiger partial charge >= 0.3 is 0 Å². The maximum Gasteiger partial charge on any atom is 0.256 e. The molecule has 2 atom stereocenters. The molecule has 0 radical (unpaired) electrons. The lowest BCUT2D eigenvalue weighted by molar-refractivity contribution is 0.187. The summed E-state index contributed by atoms with van der Waals surface area (Å²) in [6, 6.07) is 10.6. The lowest BCUT2D eigenvalue weighted by atomic mass is 9.81. The molecule has 1 saturated heterocycles. The highest BCUT2D eigenvalue weighted by Gasteiger charge is 2.27. The molecule has 1 N–H and O–H groups in total. The molecule has 1 aromatic carbocycles. The molecule has 2 aromatic rings. The molecule has 0 spiro atoms. The van der Waals surface area contributed by atoms with E-state index in [0.717, 1.165) is 25.1 Å². The first-order chi connectivity index (χ1) is 11.8. The number of hydrogen-bond donors (Lipinski definition) is 1. The largest absolute Gasteiger partial charge is 0.488 e. The van der Waals surface area contributed by atoms with Gasteiger partial charge in [0.1, 0.15) is 5.82 Å². The third-order valence-corrected chi connectivity index (χ3v) is 4.35. The molecule has 1 fully saturated rings. The molecule has 24 heavy (non-hydrogen) atoms. The fourth-order valence-electron chi connectivity index (χ4n) is 3.20. The van der Waals surface area contributed by atoms with Gasteiger partial charge in [0.15, 0.2) is 5.75 Å². The van der Waals surface area contributed by atoms with Gasteiger partial charge in [-0.2, -0.15) is 0 Å². The van der Waals surface area contributed by atoms with Crippen molar-refractivity contribution < 1.29 is 13.9 Å². The normalized spacial score (nSPS) is 20.6. The standard InChI is InChI=1S/C19H23FN2O2/c1-2-23-19-18(7-4-9-22-19)24-13-15-12-21-10-8-17(15)14-5-3-6-16(20)11-14/h3-7,9,11,15,17,21H,2,8,10,12-13H2,1H3/t15-,17-/m0/s1. The average molecular weight is 330 g/mol. The minimum Gasteiger partial charge on any atom is -0.488 e. The van der Waals surface area contributed by atoms with Crippen molar-refractivity contribution >= 4 is 0 Å². The second-order valence-corrected chi connectivity index (χ2v) is 5.97. The maximum absolute atomic E-state index is 13.6. The Morgan fingerprint density at radius 3 is 3.00 bits per heavy atom. The zero-order valence-corrected chi connectivity index (χ0v) is 13.9. The second kappa shape index (κ2) is 8.11. The monoisotopic (exact) mass is 330 g/mol. The Labute approximate surface area is 142 Å². The van der Waals surface area contributed by atoms with Crippen LogP contribution in [0.25, 0.3) is 0 Å². The average Bonchev–Trinajstić information content (AvgIpc) is 2.61. The molecule has 128 valence electrons. The molecule has 1 aliphatic heterocycles. The number of nitrogens with zero attached hydrogens (tertiary/aromatic N) is 1. The Hall–Kier alpha value is -2.14. The van der Waals surface area contributed by atoms with Crippen molar-refractivity contribution in [2.24, 2.45) is 5.92 Å². The zero-order chi connectivity index (χ0) is 16.8. The van der Waals surface area contributed by atoms with Crippen LogP contribution >= 0.6 is 0 Å². The van der Waals surface area contributed by atoms with Crippen LogP contribution in [0.5, 0.6) is 11.6 Å². The van der Waals surface area contributed by atoms with Crippen molar-refractivity contribution in [1.82, 2.24) is 10.3 Å². The third-order valence-electron chi connectivity index (χ3n) is 4.35. The van der Waals surface area contributed by atoms with Crippen LogP contribution < -0.4 is 14.8 Å². The molecular weight excluding hydrogens is 307 g/mol. The molecule has 1 aliphatic rings. The SMILES string of the molecule is CCOc1ncccc1OC[C@@H]1CNCC[C@H]1c1cccc(F)c1. The highest BCUT2D eigenvalue weighted by atomic mass is 19.1. The van der Waals surface area contributed by atoms with E-state index < -0.39 is 0 Å². The van der Waals surface area contributed by atoms with Gasteiger partial charge in [0, 0.05) is 18.7 Å². The molecular formula is C19H23FN2O2. The number of halogens is 1. The van der Waals surface area contributed by atoms with E-state index in [9.17, 15) is 4.39 Å². The van der Waals surface area contributed by atoms with Crippen LogP contribution in [0.2, 0.25) is 0 Å². The zero-order valence-electron chi connectivity index (χ0n) is 13.9. The van der Waals surface area contributed by atoms with E-state index in [1.54, 1.807) is 18.3 Å². The van der Waals surface area contributed by atoms with E-state index in [1.165, 1.54) is 6.07 Å². The Morgan fingerprint density at radius 1 is 1.25 bits per heavy atom. The van der Waals surface area contributed by atoms with Crippen LogP contribution in [0, 0.1) is 11.7 Å². The van der Waals surface area contributed by atoms with Crippen molar-refractivity contribution in [2.75, 3.05) is 26.3 Å². The van der Waals surface area contributed by atoms with Gasteiger partial charge in [0.25, 0.3) is 5.88 Å². The van der Waals surface area contributed by atoms with Crippen molar-refractivity contribution in [3.05, 3.63) is 54.0 Å². The van der Waals surface area contributed by atoms with Crippen LogP contribution in [0.1, 0.15) is 24.8 Å². The molecule has 0 amide bonds. The van der Waals surface area contributed by atoms with Gasteiger partial charge in [0.2, 0.25) is 0 Å². The van der Waals surface area contributed by atoms with Gasteiger partial charge < -0.3 is 14.8 Å². The molecule has 3 rings (SSSR count). The number of benzene rings is 1. The van der Waals surface area contributed by atoms with E-state index in [-0.39, 0.29) is 17.7 Å². The van der Waals surface area contributed by atoms with E-state index in [2.05, 4.69) is 10.3 Å². The molecule has 4 nitrogen and oxygen atoms in total. The predicted octanol–water partition coefficient (Wildman–Crippen LogP) is 3.39. The van der Waals surface area contributed by atoms with E-state index in [4.69, 9.17) is 9.47 Å². The van der Waals surface area contributed by atoms with Crippen molar-refractivity contribution in [1.29, 1.82) is 0 Å². The fourth-order valence-corrected chi connectivity index (χ4v) is 3.20. The number of ether oxygens (including phenoxy) is 2. The third kappa shape index (κ3) is 4.03. The first-order valence-electron chi connectivity index (χ1n) is 8.44. The first-order valence-corrected chi connectivity index (χ1v) is 8.44. The van der Waals surface area contributed by atoms with Gasteiger partial charge in [-0.25, -0.2) is 9.37 Å². The molecule has 2 heterocycles. The molecule has 0 saturated carbocycles. The first kappa shape index (κ1) is 16.7. The van der Waals surface area contributed by atoms with Gasteiger partial charge in [-0.05, 0) is 55.6 Å². The van der Waals surface area contributed by atoms with Crippen LogP contribution in [0.4, 0.5) is 4.39 Å². The van der Waals surface area contributed by atoms with Crippen molar-refractivity contribution in [3.8, 4) is 11.6 Å². The summed E-state index contributed by atoms with van der Waals surface area (Å²) in [6.45, 7) is 4.80. The van der Waals surface area contributed by atoms with Crippen molar-refractivity contribution in [3.63, 3.8) is 0 Å². The number of rotatable bonds is 6. The van der Waals surface area contributed by atoms with Gasteiger partial charge in [-0.15, -0.1) is 0 Å².